The molecule has 0 atom stereocenters. The summed E-state index contributed by atoms with van der Waals surface area (Å²) >= 11 is 3.39. The molecule has 0 spiro atoms. The second kappa shape index (κ2) is 6.34. The number of carbonyl (C=O) groups excluding carboxylic acids is 1. The standard InChI is InChI=1S/C14H18BrNO2/c1-18-14-5-4-11(15)10-12(14)13(17)6-9-16-7-2-3-8-16/h4-5,10H,2-3,6-9H2,1H3. The number of hydrogen-bond acceptors (Lipinski definition) is 3. The van der Waals surface area contributed by atoms with Crippen LogP contribution in [0.25, 0.3) is 0 Å². The van der Waals surface area contributed by atoms with Crippen LogP contribution >= 0.6 is 15.9 Å². The maximum absolute atomic E-state index is 12.2. The van der Waals surface area contributed by atoms with Gasteiger partial charge in [0.2, 0.25) is 0 Å². The summed E-state index contributed by atoms with van der Waals surface area (Å²) in [6.45, 7) is 3.11. The molecule has 98 valence electrons. The molecule has 18 heavy (non-hydrogen) atoms. The summed E-state index contributed by atoms with van der Waals surface area (Å²) in [7, 11) is 1.60. The fraction of sp³-hybridized carbons (Fsp3) is 0.500. The number of halogens is 1. The van der Waals surface area contributed by atoms with Crippen molar-refractivity contribution < 1.29 is 9.53 Å². The monoisotopic (exact) mass is 311 g/mol. The number of ether oxygens (including phenoxy) is 1. The first-order valence-corrected chi connectivity index (χ1v) is 7.09. The first-order chi connectivity index (χ1) is 8.70. The summed E-state index contributed by atoms with van der Waals surface area (Å²) in [5, 5.41) is 0. The Hall–Kier alpha value is -0.870. The van der Waals surface area contributed by atoms with Crippen LogP contribution in [0.3, 0.4) is 0 Å². The Bertz CT molecular complexity index is 428. The van der Waals surface area contributed by atoms with Gasteiger partial charge < -0.3 is 9.64 Å². The van der Waals surface area contributed by atoms with Gasteiger partial charge in [0.1, 0.15) is 5.75 Å². The average molecular weight is 312 g/mol. The number of ketones is 1. The summed E-state index contributed by atoms with van der Waals surface area (Å²) in [5.74, 6) is 0.810. The zero-order valence-electron chi connectivity index (χ0n) is 10.6. The molecule has 0 unspecified atom stereocenters. The SMILES string of the molecule is COc1ccc(Br)cc1C(=O)CCN1CCCC1. The van der Waals surface area contributed by atoms with Crippen LogP contribution in [-0.2, 0) is 0 Å². The van der Waals surface area contributed by atoms with E-state index < -0.39 is 0 Å². The third-order valence-electron chi connectivity index (χ3n) is 3.32. The molecule has 0 saturated carbocycles. The number of rotatable bonds is 5. The van der Waals surface area contributed by atoms with Gasteiger partial charge in [0.15, 0.2) is 5.78 Å². The number of carbonyl (C=O) groups is 1. The summed E-state index contributed by atoms with van der Waals surface area (Å²) in [4.78, 5) is 14.6. The van der Waals surface area contributed by atoms with Crippen molar-refractivity contribution in [3.63, 3.8) is 0 Å². The molecular weight excluding hydrogens is 294 g/mol. The van der Waals surface area contributed by atoms with Gasteiger partial charge in [-0.2, -0.15) is 0 Å². The van der Waals surface area contributed by atoms with Gasteiger partial charge in [-0.25, -0.2) is 0 Å². The summed E-state index contributed by atoms with van der Waals surface area (Å²) < 4.78 is 6.15. The minimum absolute atomic E-state index is 0.153. The molecule has 0 aromatic heterocycles. The van der Waals surface area contributed by atoms with Crippen molar-refractivity contribution in [1.82, 2.24) is 4.90 Å². The van der Waals surface area contributed by atoms with Gasteiger partial charge in [-0.3, -0.25) is 4.79 Å². The van der Waals surface area contributed by atoms with Crippen molar-refractivity contribution in [2.75, 3.05) is 26.7 Å². The van der Waals surface area contributed by atoms with Crippen molar-refractivity contribution >= 4 is 21.7 Å². The summed E-state index contributed by atoms with van der Waals surface area (Å²) in [6.07, 6.45) is 3.08. The third kappa shape index (κ3) is 3.33. The number of methoxy groups -OCH3 is 1. The van der Waals surface area contributed by atoms with Crippen molar-refractivity contribution in [2.24, 2.45) is 0 Å². The molecule has 0 amide bonds. The van der Waals surface area contributed by atoms with Gasteiger partial charge in [0.25, 0.3) is 0 Å². The number of likely N-dealkylation sites (tertiary alicyclic amines) is 1. The molecule has 1 aromatic rings. The van der Waals surface area contributed by atoms with Crippen LogP contribution in [0.2, 0.25) is 0 Å². The Kier molecular flexibility index (Phi) is 4.78. The van der Waals surface area contributed by atoms with E-state index in [1.807, 2.05) is 18.2 Å². The maximum atomic E-state index is 12.2. The van der Waals surface area contributed by atoms with Crippen LogP contribution in [0, 0.1) is 0 Å². The van der Waals surface area contributed by atoms with Crippen LogP contribution in [0.1, 0.15) is 29.6 Å². The maximum Gasteiger partial charge on any atom is 0.167 e. The number of hydrogen-bond donors (Lipinski definition) is 0. The molecule has 0 aliphatic carbocycles. The van der Waals surface area contributed by atoms with Crippen LogP contribution < -0.4 is 4.74 Å². The van der Waals surface area contributed by atoms with E-state index in [1.165, 1.54) is 12.8 Å². The molecule has 1 aliphatic rings. The molecule has 3 nitrogen and oxygen atoms in total. The van der Waals surface area contributed by atoms with Gasteiger partial charge in [-0.15, -0.1) is 0 Å². The van der Waals surface area contributed by atoms with Crippen molar-refractivity contribution in [2.45, 2.75) is 19.3 Å². The topological polar surface area (TPSA) is 29.5 Å². The third-order valence-corrected chi connectivity index (χ3v) is 3.81. The first-order valence-electron chi connectivity index (χ1n) is 6.30. The highest BCUT2D eigenvalue weighted by molar-refractivity contribution is 9.10. The highest BCUT2D eigenvalue weighted by Gasteiger charge is 2.16. The van der Waals surface area contributed by atoms with Gasteiger partial charge >= 0.3 is 0 Å². The summed E-state index contributed by atoms with van der Waals surface area (Å²) in [6, 6.07) is 5.55. The Morgan fingerprint density at radius 2 is 2.11 bits per heavy atom. The Labute approximate surface area is 116 Å². The van der Waals surface area contributed by atoms with Gasteiger partial charge in [0, 0.05) is 17.4 Å². The second-order valence-corrected chi connectivity index (χ2v) is 5.48. The zero-order valence-corrected chi connectivity index (χ0v) is 12.2. The molecule has 1 fully saturated rings. The van der Waals surface area contributed by atoms with Crippen LogP contribution in [0.4, 0.5) is 0 Å². The minimum Gasteiger partial charge on any atom is -0.496 e. The zero-order chi connectivity index (χ0) is 13.0. The van der Waals surface area contributed by atoms with Crippen LogP contribution in [0.15, 0.2) is 22.7 Å². The molecular formula is C14H18BrNO2. The fourth-order valence-corrected chi connectivity index (χ4v) is 2.66. The normalized spacial score (nSPS) is 15.9. The van der Waals surface area contributed by atoms with E-state index in [0.29, 0.717) is 17.7 Å². The van der Waals surface area contributed by atoms with Crippen LogP contribution in [0.5, 0.6) is 5.75 Å². The predicted molar refractivity (Wildman–Crippen MR) is 75.3 cm³/mol. The molecule has 1 saturated heterocycles. The van der Waals surface area contributed by atoms with Gasteiger partial charge in [-0.05, 0) is 44.1 Å². The lowest BCUT2D eigenvalue weighted by Gasteiger charge is -2.14. The predicted octanol–water partition coefficient (Wildman–Crippen LogP) is 3.13. The smallest absolute Gasteiger partial charge is 0.167 e. The molecule has 4 heteroatoms. The molecule has 1 aromatic carbocycles. The quantitative estimate of drug-likeness (QED) is 0.782. The highest BCUT2D eigenvalue weighted by atomic mass is 79.9. The molecule has 1 aliphatic heterocycles. The van der Waals surface area contributed by atoms with E-state index >= 15 is 0 Å². The molecule has 0 N–H and O–H groups in total. The minimum atomic E-state index is 0.153. The van der Waals surface area contributed by atoms with E-state index in [0.717, 1.165) is 24.1 Å². The lowest BCUT2D eigenvalue weighted by atomic mass is 10.1. The molecule has 1 heterocycles. The second-order valence-electron chi connectivity index (χ2n) is 4.57. The molecule has 0 radical (unpaired) electrons. The molecule has 2 rings (SSSR count). The summed E-state index contributed by atoms with van der Waals surface area (Å²) in [5.41, 5.74) is 0.672. The fourth-order valence-electron chi connectivity index (χ4n) is 2.30. The van der Waals surface area contributed by atoms with E-state index in [-0.39, 0.29) is 5.78 Å². The number of benzene rings is 1. The van der Waals surface area contributed by atoms with Crippen LogP contribution in [-0.4, -0.2) is 37.4 Å². The number of nitrogens with zero attached hydrogens (tertiary/aromatic N) is 1. The Balaban J connectivity index is 2.00. The van der Waals surface area contributed by atoms with Crippen molar-refractivity contribution in [3.05, 3.63) is 28.2 Å². The molecule has 0 bridgehead atoms. The largest absolute Gasteiger partial charge is 0.496 e. The Morgan fingerprint density at radius 3 is 2.78 bits per heavy atom. The van der Waals surface area contributed by atoms with Crippen molar-refractivity contribution in [1.29, 1.82) is 0 Å². The van der Waals surface area contributed by atoms with E-state index in [4.69, 9.17) is 4.74 Å². The van der Waals surface area contributed by atoms with E-state index in [1.54, 1.807) is 7.11 Å². The lowest BCUT2D eigenvalue weighted by Crippen LogP contribution is -2.22. The average Bonchev–Trinajstić information content (AvgIpc) is 2.89. The first kappa shape index (κ1) is 13.6. The Morgan fingerprint density at radius 1 is 1.39 bits per heavy atom. The van der Waals surface area contributed by atoms with E-state index in [2.05, 4.69) is 20.8 Å². The highest BCUT2D eigenvalue weighted by Crippen LogP contribution is 2.24. The number of Topliss-reactive ketones (excluding diaryl/α,β-unsaturated/α-hetero) is 1. The van der Waals surface area contributed by atoms with Gasteiger partial charge in [0.05, 0.1) is 12.7 Å². The van der Waals surface area contributed by atoms with E-state index in [9.17, 15) is 4.79 Å². The lowest BCUT2D eigenvalue weighted by molar-refractivity contribution is 0.0966. The van der Waals surface area contributed by atoms with Crippen molar-refractivity contribution in [3.8, 4) is 5.75 Å². The van der Waals surface area contributed by atoms with Gasteiger partial charge in [-0.1, -0.05) is 15.9 Å².